The number of hydrogen-bond donors (Lipinski definition) is 1. The molecule has 3 aromatic carbocycles. The number of piperidine rings is 1. The van der Waals surface area contributed by atoms with Gasteiger partial charge in [-0.15, -0.1) is 0 Å². The Bertz CT molecular complexity index is 1280. The number of hydrogen-bond acceptors (Lipinski definition) is 3. The third kappa shape index (κ3) is 3.77. The van der Waals surface area contributed by atoms with Crippen LogP contribution in [-0.4, -0.2) is 29.8 Å². The van der Waals surface area contributed by atoms with Crippen molar-refractivity contribution in [3.05, 3.63) is 78.1 Å². The lowest BCUT2D eigenvalue weighted by Crippen LogP contribution is -2.43. The van der Waals surface area contributed by atoms with Crippen molar-refractivity contribution < 1.29 is 18.4 Å². The zero-order valence-corrected chi connectivity index (χ0v) is 16.8. The SMILES string of the molecule is O=C(Nc1ccc2oc3ccccc3c2c1)C1CCCN(C(=O)c2ccc(F)cc2)C1. The van der Waals surface area contributed by atoms with E-state index in [1.165, 1.54) is 24.3 Å². The number of carbonyl (C=O) groups excluding carboxylic acids is 2. The van der Waals surface area contributed by atoms with Crippen molar-refractivity contribution in [2.24, 2.45) is 5.92 Å². The normalized spacial score (nSPS) is 16.5. The highest BCUT2D eigenvalue weighted by molar-refractivity contribution is 6.07. The number of furan rings is 1. The second-order valence-electron chi connectivity index (χ2n) is 7.90. The number of para-hydroxylation sites is 1. The summed E-state index contributed by atoms with van der Waals surface area (Å²) in [6.07, 6.45) is 1.46. The van der Waals surface area contributed by atoms with Crippen molar-refractivity contribution in [1.82, 2.24) is 4.90 Å². The summed E-state index contributed by atoms with van der Waals surface area (Å²) in [5.41, 5.74) is 2.71. The second-order valence-corrected chi connectivity index (χ2v) is 7.90. The highest BCUT2D eigenvalue weighted by Gasteiger charge is 2.29. The number of nitrogens with one attached hydrogen (secondary N) is 1. The van der Waals surface area contributed by atoms with Crippen LogP contribution in [0.15, 0.2) is 71.1 Å². The highest BCUT2D eigenvalue weighted by Crippen LogP contribution is 2.31. The van der Waals surface area contributed by atoms with Gasteiger partial charge in [0.1, 0.15) is 17.0 Å². The molecule has 1 aliphatic heterocycles. The van der Waals surface area contributed by atoms with E-state index in [-0.39, 0.29) is 23.5 Å². The molecule has 5 nitrogen and oxygen atoms in total. The van der Waals surface area contributed by atoms with Crippen LogP contribution in [0.25, 0.3) is 21.9 Å². The minimum atomic E-state index is -0.380. The van der Waals surface area contributed by atoms with Gasteiger partial charge in [0.05, 0.1) is 5.92 Å². The molecule has 0 aliphatic carbocycles. The number of halogens is 1. The van der Waals surface area contributed by atoms with Gasteiger partial charge in [-0.05, 0) is 61.4 Å². The van der Waals surface area contributed by atoms with Crippen LogP contribution in [-0.2, 0) is 4.79 Å². The van der Waals surface area contributed by atoms with E-state index in [0.717, 1.165) is 34.8 Å². The Morgan fingerprint density at radius 1 is 0.968 bits per heavy atom. The van der Waals surface area contributed by atoms with Crippen LogP contribution in [0, 0.1) is 11.7 Å². The summed E-state index contributed by atoms with van der Waals surface area (Å²) in [7, 11) is 0. The lowest BCUT2D eigenvalue weighted by Gasteiger charge is -2.32. The Morgan fingerprint density at radius 3 is 2.58 bits per heavy atom. The van der Waals surface area contributed by atoms with Crippen molar-refractivity contribution in [3.8, 4) is 0 Å². The second kappa shape index (κ2) is 7.87. The smallest absolute Gasteiger partial charge is 0.253 e. The average molecular weight is 416 g/mol. The van der Waals surface area contributed by atoms with Crippen LogP contribution in [0.1, 0.15) is 23.2 Å². The van der Waals surface area contributed by atoms with Crippen LogP contribution < -0.4 is 5.32 Å². The molecule has 1 aliphatic rings. The van der Waals surface area contributed by atoms with E-state index < -0.39 is 0 Å². The van der Waals surface area contributed by atoms with E-state index in [0.29, 0.717) is 24.3 Å². The van der Waals surface area contributed by atoms with E-state index >= 15 is 0 Å². The molecule has 0 bridgehead atoms. The molecule has 0 saturated carbocycles. The summed E-state index contributed by atoms with van der Waals surface area (Å²) in [6, 6.07) is 18.9. The minimum absolute atomic E-state index is 0.108. The molecule has 1 aromatic heterocycles. The first-order valence-corrected chi connectivity index (χ1v) is 10.4. The van der Waals surface area contributed by atoms with Crippen molar-refractivity contribution in [2.45, 2.75) is 12.8 Å². The van der Waals surface area contributed by atoms with Crippen LogP contribution in [0.2, 0.25) is 0 Å². The monoisotopic (exact) mass is 416 g/mol. The Balaban J connectivity index is 1.31. The third-order valence-electron chi connectivity index (χ3n) is 5.81. The zero-order chi connectivity index (χ0) is 21.4. The van der Waals surface area contributed by atoms with Crippen molar-refractivity contribution in [1.29, 1.82) is 0 Å². The summed E-state index contributed by atoms with van der Waals surface area (Å²) in [6.45, 7) is 0.936. The number of rotatable bonds is 3. The molecule has 2 amide bonds. The molecule has 0 radical (unpaired) electrons. The van der Waals surface area contributed by atoms with Crippen LogP contribution in [0.3, 0.4) is 0 Å². The van der Waals surface area contributed by atoms with Crippen molar-refractivity contribution in [3.63, 3.8) is 0 Å². The minimum Gasteiger partial charge on any atom is -0.456 e. The first-order chi connectivity index (χ1) is 15.1. The number of nitrogens with zero attached hydrogens (tertiary/aromatic N) is 1. The molecule has 1 fully saturated rings. The van der Waals surface area contributed by atoms with Gasteiger partial charge in [0.15, 0.2) is 0 Å². The number of fused-ring (bicyclic) bond motifs is 3. The molecule has 31 heavy (non-hydrogen) atoms. The molecular weight excluding hydrogens is 395 g/mol. The molecule has 1 N–H and O–H groups in total. The number of benzene rings is 3. The van der Waals surface area contributed by atoms with E-state index in [4.69, 9.17) is 4.42 Å². The molecule has 6 heteroatoms. The Labute approximate surface area is 178 Å². The van der Waals surface area contributed by atoms with Crippen LogP contribution in [0.5, 0.6) is 0 Å². The zero-order valence-electron chi connectivity index (χ0n) is 16.8. The molecule has 1 saturated heterocycles. The first kappa shape index (κ1) is 19.3. The summed E-state index contributed by atoms with van der Waals surface area (Å²) in [5, 5.41) is 4.95. The van der Waals surface area contributed by atoms with E-state index in [9.17, 15) is 14.0 Å². The third-order valence-corrected chi connectivity index (χ3v) is 5.81. The van der Waals surface area contributed by atoms with Gasteiger partial charge in [-0.25, -0.2) is 4.39 Å². The standard InChI is InChI=1S/C25H21FN2O3/c26-18-9-7-16(8-10-18)25(30)28-13-3-4-17(15-28)24(29)27-19-11-12-23-21(14-19)20-5-1-2-6-22(20)31-23/h1-2,5-12,14,17H,3-4,13,15H2,(H,27,29). The first-order valence-electron chi connectivity index (χ1n) is 10.4. The predicted molar refractivity (Wildman–Crippen MR) is 117 cm³/mol. The molecule has 0 spiro atoms. The molecule has 1 atom stereocenters. The highest BCUT2D eigenvalue weighted by atomic mass is 19.1. The van der Waals surface area contributed by atoms with E-state index in [2.05, 4.69) is 5.32 Å². The molecule has 2 heterocycles. The fraction of sp³-hybridized carbons (Fsp3) is 0.200. The van der Waals surface area contributed by atoms with Gasteiger partial charge in [0, 0.05) is 35.1 Å². The molecule has 1 unspecified atom stereocenters. The molecule has 156 valence electrons. The summed E-state index contributed by atoms with van der Waals surface area (Å²) in [5.74, 6) is -0.961. The van der Waals surface area contributed by atoms with Crippen molar-refractivity contribution in [2.75, 3.05) is 18.4 Å². The van der Waals surface area contributed by atoms with Gasteiger partial charge in [0.2, 0.25) is 5.91 Å². The van der Waals surface area contributed by atoms with E-state index in [1.807, 2.05) is 42.5 Å². The topological polar surface area (TPSA) is 62.6 Å². The predicted octanol–water partition coefficient (Wildman–Crippen LogP) is 5.22. The van der Waals surface area contributed by atoms with E-state index in [1.54, 1.807) is 4.90 Å². The quantitative estimate of drug-likeness (QED) is 0.498. The van der Waals surface area contributed by atoms with Crippen molar-refractivity contribution >= 4 is 39.4 Å². The van der Waals surface area contributed by atoms with Gasteiger partial charge in [-0.3, -0.25) is 9.59 Å². The number of carbonyl (C=O) groups is 2. The maximum atomic E-state index is 13.1. The van der Waals surface area contributed by atoms with Gasteiger partial charge in [0.25, 0.3) is 5.91 Å². The van der Waals surface area contributed by atoms with Gasteiger partial charge >= 0.3 is 0 Å². The Kier molecular flexibility index (Phi) is 4.90. The number of anilines is 1. The average Bonchev–Trinajstić information content (AvgIpc) is 3.17. The van der Waals surface area contributed by atoms with Gasteiger partial charge in [-0.1, -0.05) is 18.2 Å². The van der Waals surface area contributed by atoms with Crippen LogP contribution >= 0.6 is 0 Å². The molecule has 4 aromatic rings. The molecular formula is C25H21FN2O3. The lowest BCUT2D eigenvalue weighted by atomic mass is 9.96. The summed E-state index contributed by atoms with van der Waals surface area (Å²) in [4.78, 5) is 27.3. The largest absolute Gasteiger partial charge is 0.456 e. The number of amides is 2. The lowest BCUT2D eigenvalue weighted by molar-refractivity contribution is -0.121. The molecule has 5 rings (SSSR count). The maximum absolute atomic E-state index is 13.1. The Hall–Kier alpha value is -3.67. The van der Waals surface area contributed by atoms with Crippen LogP contribution in [0.4, 0.5) is 10.1 Å². The van der Waals surface area contributed by atoms with Gasteiger partial charge in [-0.2, -0.15) is 0 Å². The van der Waals surface area contributed by atoms with Gasteiger partial charge < -0.3 is 14.6 Å². The fourth-order valence-corrected chi connectivity index (χ4v) is 4.20. The maximum Gasteiger partial charge on any atom is 0.253 e. The summed E-state index contributed by atoms with van der Waals surface area (Å²) >= 11 is 0. The summed E-state index contributed by atoms with van der Waals surface area (Å²) < 4.78 is 19.0. The Morgan fingerprint density at radius 2 is 1.74 bits per heavy atom. The number of likely N-dealkylation sites (tertiary alicyclic amines) is 1. The fourth-order valence-electron chi connectivity index (χ4n) is 4.20.